The van der Waals surface area contributed by atoms with Crippen LogP contribution in [0.1, 0.15) is 91.6 Å². The summed E-state index contributed by atoms with van der Waals surface area (Å²) in [5.74, 6) is 0.446. The van der Waals surface area contributed by atoms with Gasteiger partial charge in [0, 0.05) is 61.8 Å². The first kappa shape index (κ1) is 33.7. The van der Waals surface area contributed by atoms with Gasteiger partial charge >= 0.3 is 6.09 Å². The lowest BCUT2D eigenvalue weighted by Gasteiger charge is -2.36. The molecule has 8 rings (SSSR count). The summed E-state index contributed by atoms with van der Waals surface area (Å²) in [6, 6.07) is 8.81. The summed E-state index contributed by atoms with van der Waals surface area (Å²) in [5.41, 5.74) is 6.11. The molecule has 0 spiro atoms. The van der Waals surface area contributed by atoms with Gasteiger partial charge in [-0.3, -0.25) is 9.59 Å². The number of rotatable bonds is 7. The third-order valence-electron chi connectivity index (χ3n) is 11.8. The van der Waals surface area contributed by atoms with E-state index in [2.05, 4.69) is 16.0 Å². The first-order valence-electron chi connectivity index (χ1n) is 18.7. The van der Waals surface area contributed by atoms with Gasteiger partial charge in [0.05, 0.1) is 28.4 Å². The van der Waals surface area contributed by atoms with Crippen molar-refractivity contribution in [1.82, 2.24) is 29.3 Å². The normalized spacial score (nSPS) is 23.2. The smallest absolute Gasteiger partial charge is 0.404 e. The van der Waals surface area contributed by atoms with Crippen LogP contribution in [0, 0.1) is 24.6 Å². The highest BCUT2D eigenvalue weighted by molar-refractivity contribution is 5.95. The van der Waals surface area contributed by atoms with Gasteiger partial charge in [-0.25, -0.2) is 13.7 Å². The van der Waals surface area contributed by atoms with Crippen LogP contribution in [0.5, 0.6) is 0 Å². The topological polar surface area (TPSA) is 132 Å². The second-order valence-electron chi connectivity index (χ2n) is 15.4. The van der Waals surface area contributed by atoms with Crippen molar-refractivity contribution in [3.05, 3.63) is 59.0 Å². The quantitative estimate of drug-likeness (QED) is 0.219. The zero-order chi connectivity index (χ0) is 35.4. The average Bonchev–Trinajstić information content (AvgIpc) is 3.80. The summed E-state index contributed by atoms with van der Waals surface area (Å²) in [6.07, 6.45) is 8.53. The van der Waals surface area contributed by atoms with Crippen LogP contribution < -0.4 is 5.32 Å². The summed E-state index contributed by atoms with van der Waals surface area (Å²) in [7, 11) is 0. The number of carbonyl (C=O) groups is 3. The highest BCUT2D eigenvalue weighted by atomic mass is 19.1. The van der Waals surface area contributed by atoms with Gasteiger partial charge in [0.1, 0.15) is 11.5 Å². The largest absolute Gasteiger partial charge is 0.465 e. The first-order chi connectivity index (χ1) is 24.6. The van der Waals surface area contributed by atoms with Crippen molar-refractivity contribution in [2.45, 2.75) is 95.7 Å². The Morgan fingerprint density at radius 2 is 1.71 bits per heavy atom. The standard InChI is InChI=1S/C39H47FN6O5/c1-23-33-11-8-27(38(49)44-14-2-3-30(22-44)41-39(50)51)21-46(33)42-35(23)34-18-28-17-29(40)19-32(36(28)45(34)20-24-4-5-24)25-12-15-43(16-13-25)37(48)26-6-9-31(47)10-7-26/h8,11,17-19,21,24-26,30-31,41,47H,2-7,9-10,12-16,20,22H2,1H3,(H,50,51). The highest BCUT2D eigenvalue weighted by Crippen LogP contribution is 2.42. The van der Waals surface area contributed by atoms with E-state index in [1.807, 2.05) is 24.0 Å². The van der Waals surface area contributed by atoms with Crippen molar-refractivity contribution in [2.75, 3.05) is 26.2 Å². The van der Waals surface area contributed by atoms with Crippen LogP contribution in [0.25, 0.3) is 27.8 Å². The van der Waals surface area contributed by atoms with Crippen molar-refractivity contribution in [1.29, 1.82) is 0 Å². The number of hydrogen-bond donors (Lipinski definition) is 3. The van der Waals surface area contributed by atoms with Gasteiger partial charge in [0.2, 0.25) is 5.91 Å². The minimum atomic E-state index is -1.08. The van der Waals surface area contributed by atoms with Crippen LogP contribution in [0.4, 0.5) is 9.18 Å². The number of aromatic nitrogens is 3. The van der Waals surface area contributed by atoms with Crippen LogP contribution in [0.3, 0.4) is 0 Å². The fraction of sp³-hybridized carbons (Fsp3) is 0.538. The lowest BCUT2D eigenvalue weighted by molar-refractivity contribution is -0.138. The molecule has 4 aliphatic rings. The predicted octanol–water partition coefficient (Wildman–Crippen LogP) is 5.94. The molecule has 1 unspecified atom stereocenters. The maximum Gasteiger partial charge on any atom is 0.404 e. The van der Waals surface area contributed by atoms with Crippen LogP contribution in [0.15, 0.2) is 36.5 Å². The molecule has 4 fully saturated rings. The van der Waals surface area contributed by atoms with Gasteiger partial charge in [-0.15, -0.1) is 0 Å². The molecular weight excluding hydrogens is 651 g/mol. The summed E-state index contributed by atoms with van der Waals surface area (Å²) in [4.78, 5) is 41.8. The monoisotopic (exact) mass is 698 g/mol. The van der Waals surface area contributed by atoms with Gasteiger partial charge in [-0.05, 0) is 119 Å². The van der Waals surface area contributed by atoms with Crippen molar-refractivity contribution in [3.63, 3.8) is 0 Å². The van der Waals surface area contributed by atoms with Gasteiger partial charge in [0.25, 0.3) is 5.91 Å². The van der Waals surface area contributed by atoms with Crippen molar-refractivity contribution < 1.29 is 29.0 Å². The Bertz CT molecular complexity index is 1980. The van der Waals surface area contributed by atoms with Crippen LogP contribution in [-0.2, 0) is 11.3 Å². The number of halogens is 1. The first-order valence-corrected chi connectivity index (χ1v) is 18.7. The van der Waals surface area contributed by atoms with Gasteiger partial charge < -0.3 is 29.9 Å². The maximum atomic E-state index is 15.4. The molecule has 51 heavy (non-hydrogen) atoms. The third-order valence-corrected chi connectivity index (χ3v) is 11.8. The summed E-state index contributed by atoms with van der Waals surface area (Å²) >= 11 is 0. The number of aliphatic hydroxyl groups excluding tert-OH is 1. The van der Waals surface area contributed by atoms with Crippen LogP contribution in [-0.4, -0.2) is 90.4 Å². The van der Waals surface area contributed by atoms with Crippen molar-refractivity contribution in [3.8, 4) is 11.4 Å². The molecule has 3 aromatic heterocycles. The Labute approximate surface area is 296 Å². The van der Waals surface area contributed by atoms with Gasteiger partial charge in [-0.2, -0.15) is 5.10 Å². The molecule has 4 aromatic rings. The average molecular weight is 699 g/mol. The summed E-state index contributed by atoms with van der Waals surface area (Å²) < 4.78 is 19.5. The molecule has 2 saturated heterocycles. The number of pyridine rings is 1. The minimum Gasteiger partial charge on any atom is -0.465 e. The van der Waals surface area contributed by atoms with E-state index in [9.17, 15) is 24.6 Å². The predicted molar refractivity (Wildman–Crippen MR) is 190 cm³/mol. The van der Waals surface area contributed by atoms with E-state index in [0.717, 1.165) is 90.4 Å². The molecule has 3 amide bonds. The number of fused-ring (bicyclic) bond motifs is 2. The number of likely N-dealkylation sites (tertiary alicyclic amines) is 2. The number of aliphatic hydroxyl groups is 1. The highest BCUT2D eigenvalue weighted by Gasteiger charge is 2.34. The number of piperidine rings is 2. The number of hydrogen-bond acceptors (Lipinski definition) is 5. The number of nitrogens with zero attached hydrogens (tertiary/aromatic N) is 5. The Hall–Kier alpha value is -4.45. The van der Waals surface area contributed by atoms with E-state index in [1.165, 1.54) is 0 Å². The molecule has 270 valence electrons. The Balaban J connectivity index is 1.09. The zero-order valence-electron chi connectivity index (χ0n) is 29.2. The summed E-state index contributed by atoms with van der Waals surface area (Å²) in [6.45, 7) is 5.05. The third kappa shape index (κ3) is 6.70. The number of amides is 3. The van der Waals surface area contributed by atoms with Gasteiger partial charge in [0.15, 0.2) is 0 Å². The number of carbonyl (C=O) groups excluding carboxylic acids is 2. The molecule has 2 saturated carbocycles. The molecule has 12 heteroatoms. The Kier molecular flexibility index (Phi) is 8.98. The lowest BCUT2D eigenvalue weighted by Crippen LogP contribution is -2.49. The molecule has 1 atom stereocenters. The molecule has 2 aliphatic heterocycles. The molecule has 3 N–H and O–H groups in total. The molecule has 11 nitrogen and oxygen atoms in total. The van der Waals surface area contributed by atoms with Gasteiger partial charge in [-0.1, -0.05) is 0 Å². The maximum absolute atomic E-state index is 15.4. The summed E-state index contributed by atoms with van der Waals surface area (Å²) in [5, 5.41) is 27.5. The van der Waals surface area contributed by atoms with E-state index in [0.29, 0.717) is 56.9 Å². The number of benzene rings is 1. The molecule has 2 aliphatic carbocycles. The zero-order valence-corrected chi connectivity index (χ0v) is 29.2. The molecule has 0 radical (unpaired) electrons. The van der Waals surface area contributed by atoms with E-state index in [4.69, 9.17) is 5.10 Å². The van der Waals surface area contributed by atoms with Crippen molar-refractivity contribution in [2.24, 2.45) is 11.8 Å². The van der Waals surface area contributed by atoms with Crippen molar-refractivity contribution >= 4 is 34.3 Å². The fourth-order valence-corrected chi connectivity index (χ4v) is 8.84. The van der Waals surface area contributed by atoms with E-state index in [1.54, 1.807) is 27.7 Å². The SMILES string of the molecule is Cc1c(-c2cc3cc(F)cc(C4CCN(C(=O)C5CCC(O)CC5)CC4)c3n2CC2CC2)nn2cc(C(=O)N3CCCC(NC(=O)O)C3)ccc12. The van der Waals surface area contributed by atoms with E-state index in [-0.39, 0.29) is 41.6 Å². The van der Waals surface area contributed by atoms with E-state index >= 15 is 4.39 Å². The minimum absolute atomic E-state index is 0.00901. The molecule has 5 heterocycles. The second-order valence-corrected chi connectivity index (χ2v) is 15.4. The van der Waals surface area contributed by atoms with E-state index < -0.39 is 6.09 Å². The molecular formula is C39H47FN6O5. The fourth-order valence-electron chi connectivity index (χ4n) is 8.84. The Morgan fingerprint density at radius 1 is 0.941 bits per heavy atom. The number of nitrogens with one attached hydrogen (secondary N) is 1. The lowest BCUT2D eigenvalue weighted by atomic mass is 9.84. The van der Waals surface area contributed by atoms with Crippen LogP contribution >= 0.6 is 0 Å². The molecule has 1 aromatic carbocycles. The Morgan fingerprint density at radius 3 is 2.43 bits per heavy atom. The van der Waals surface area contributed by atoms with Crippen LogP contribution in [0.2, 0.25) is 0 Å². The second kappa shape index (κ2) is 13.6. The number of carboxylic acid groups (broad SMARTS) is 1. The molecule has 0 bridgehead atoms. The number of aryl methyl sites for hydroxylation is 1.